The van der Waals surface area contributed by atoms with Crippen molar-refractivity contribution in [1.29, 1.82) is 0 Å². The molecule has 3 N–H and O–H groups in total. The van der Waals surface area contributed by atoms with Gasteiger partial charge in [0.05, 0.1) is 31.0 Å². The lowest BCUT2D eigenvalue weighted by Crippen LogP contribution is -2.61. The van der Waals surface area contributed by atoms with Gasteiger partial charge in [-0.1, -0.05) is 117 Å². The van der Waals surface area contributed by atoms with E-state index in [2.05, 4.69) is 15.9 Å². The lowest BCUT2D eigenvalue weighted by atomic mass is 9.78. The van der Waals surface area contributed by atoms with Crippen LogP contribution in [0.15, 0.2) is 107 Å². The first-order valence-electron chi connectivity index (χ1n) is 31.1. The monoisotopic (exact) mass is 1310 g/mol. The molecule has 15 atom stereocenters. The summed E-state index contributed by atoms with van der Waals surface area (Å²) in [5, 5.41) is 34.5. The number of fused-ring (bicyclic) bond motifs is 3. The number of cyclic esters (lactones) is 1. The van der Waals surface area contributed by atoms with Gasteiger partial charge in [-0.05, 0) is 164 Å². The van der Waals surface area contributed by atoms with Crippen molar-refractivity contribution in [1.82, 2.24) is 4.90 Å². The number of allylic oxidation sites excluding steroid dienone is 6. The molecule has 2 saturated heterocycles. The van der Waals surface area contributed by atoms with Gasteiger partial charge in [0.1, 0.15) is 35.9 Å². The molecule has 0 radical (unpaired) electrons. The van der Waals surface area contributed by atoms with Gasteiger partial charge in [0.25, 0.3) is 11.7 Å². The number of Topliss-reactive ketones (excluding diaryl/α,β-unsaturated/α-hetero) is 3. The number of hydrogen-bond acceptors (Lipinski definition) is 16. The number of benzene rings is 2. The predicted octanol–water partition coefficient (Wildman–Crippen LogP) is 11.7. The van der Waals surface area contributed by atoms with Crippen LogP contribution in [-0.4, -0.2) is 150 Å². The topological polar surface area (TPSA) is 231 Å². The van der Waals surface area contributed by atoms with Gasteiger partial charge in [0, 0.05) is 68.0 Å². The maximum absolute atomic E-state index is 14.4. The SMILES string of the molecule is Brc1ccccc1.CCOC(=O)C(C)(C)Oc1ccc(Cl)cc1.CO[C@H]1C[C@@H]2CC[C@@H](C)[C@@](O)(O2)C(=O)C(=O)N2CCCC[C@H]2C(=O)O[C@H]([C@H](C)C[C@@H]2CC[C@@H](O)[C@H](OC)C2)CC(=O)[C@H](C)/C=C(\C)[C@@H](O)[C@@H](OC)C(=O)[C@H](C)C[C@H](C)/C=C/C=CC=C1C. The van der Waals surface area contributed by atoms with E-state index in [-0.39, 0.29) is 60.8 Å². The van der Waals surface area contributed by atoms with Crippen molar-refractivity contribution < 1.29 is 77.2 Å². The maximum Gasteiger partial charge on any atom is 0.349 e. The molecule has 88 heavy (non-hydrogen) atoms. The second kappa shape index (κ2) is 36.8. The molecule has 1 saturated carbocycles. The molecule has 2 aromatic carbocycles. The van der Waals surface area contributed by atoms with Gasteiger partial charge < -0.3 is 53.4 Å². The molecule has 19 heteroatoms. The van der Waals surface area contributed by atoms with E-state index >= 15 is 0 Å². The number of halogens is 2. The molecule has 3 fully saturated rings. The van der Waals surface area contributed by atoms with Crippen LogP contribution in [0, 0.1) is 35.5 Å². The van der Waals surface area contributed by atoms with E-state index in [0.717, 1.165) is 16.5 Å². The average molecular weight is 1310 g/mol. The summed E-state index contributed by atoms with van der Waals surface area (Å²) in [4.78, 5) is 83.3. The van der Waals surface area contributed by atoms with Gasteiger partial charge in [0.15, 0.2) is 11.4 Å². The van der Waals surface area contributed by atoms with Crippen molar-refractivity contribution in [2.24, 2.45) is 35.5 Å². The van der Waals surface area contributed by atoms with E-state index < -0.39 is 89.5 Å². The molecule has 0 spiro atoms. The lowest BCUT2D eigenvalue weighted by molar-refractivity contribution is -0.265. The summed E-state index contributed by atoms with van der Waals surface area (Å²) >= 11 is 9.06. The molecule has 1 amide bonds. The first-order valence-corrected chi connectivity index (χ1v) is 32.3. The lowest BCUT2D eigenvalue weighted by Gasteiger charge is -2.42. The van der Waals surface area contributed by atoms with Crippen LogP contribution in [0.5, 0.6) is 5.75 Å². The zero-order valence-electron chi connectivity index (χ0n) is 54.0. The van der Waals surface area contributed by atoms with Crippen LogP contribution in [0.2, 0.25) is 5.02 Å². The van der Waals surface area contributed by atoms with E-state index in [1.54, 1.807) is 86.1 Å². The fraction of sp³-hybridized carbons (Fsp3) is 0.623. The van der Waals surface area contributed by atoms with Crippen molar-refractivity contribution in [2.45, 2.75) is 206 Å². The number of carbonyl (C=O) groups is 6. The van der Waals surface area contributed by atoms with Gasteiger partial charge in [-0.25, -0.2) is 9.59 Å². The molecule has 17 nitrogen and oxygen atoms in total. The first kappa shape index (κ1) is 75.6. The molecule has 1 aliphatic carbocycles. The van der Waals surface area contributed by atoms with Gasteiger partial charge in [-0.2, -0.15) is 0 Å². The highest BCUT2D eigenvalue weighted by Gasteiger charge is 2.53. The van der Waals surface area contributed by atoms with Gasteiger partial charge in [0.2, 0.25) is 5.79 Å². The fourth-order valence-electron chi connectivity index (χ4n) is 11.7. The highest BCUT2D eigenvalue weighted by Crippen LogP contribution is 2.38. The number of hydrogen-bond donors (Lipinski definition) is 3. The summed E-state index contributed by atoms with van der Waals surface area (Å²) in [7, 11) is 4.52. The van der Waals surface area contributed by atoms with Crippen LogP contribution >= 0.6 is 27.5 Å². The van der Waals surface area contributed by atoms with E-state index in [0.29, 0.717) is 80.7 Å². The smallest absolute Gasteiger partial charge is 0.349 e. The van der Waals surface area contributed by atoms with Crippen molar-refractivity contribution in [3.8, 4) is 5.75 Å². The molecule has 2 bridgehead atoms. The fourth-order valence-corrected chi connectivity index (χ4v) is 12.1. The van der Waals surface area contributed by atoms with Crippen LogP contribution in [-0.2, 0) is 57.2 Å². The number of aliphatic hydroxyl groups is 3. The number of rotatable bonds is 10. The van der Waals surface area contributed by atoms with Crippen molar-refractivity contribution in [3.63, 3.8) is 0 Å². The summed E-state index contributed by atoms with van der Waals surface area (Å²) in [5.41, 5.74) is 0.270. The normalized spacial score (nSPS) is 31.6. The highest BCUT2D eigenvalue weighted by molar-refractivity contribution is 9.10. The second-order valence-corrected chi connectivity index (χ2v) is 26.0. The zero-order chi connectivity index (χ0) is 65.5. The van der Waals surface area contributed by atoms with Gasteiger partial charge in [-0.15, -0.1) is 0 Å². The summed E-state index contributed by atoms with van der Waals surface area (Å²) in [6.45, 7) is 18.2. The summed E-state index contributed by atoms with van der Waals surface area (Å²) in [6, 6.07) is 15.7. The van der Waals surface area contributed by atoms with Crippen LogP contribution in [0.4, 0.5) is 0 Å². The predicted molar refractivity (Wildman–Crippen MR) is 342 cm³/mol. The molecular formula is C69H99BrClNO16. The standard InChI is InChI=1S/C51H79NO13.C12H15ClO3.C6H5Br/c1-30-16-12-11-13-17-31(2)42(61-8)28-38-21-19-36(7)51(60,65-38)48(57)49(58)52-23-15-14-18-39(52)50(59)64-43(33(4)26-37-20-22-40(53)44(27-37)62-9)29-41(54)32(3)25-35(6)46(56)47(63-10)45(55)34(5)24-30;1-4-15-11(14)12(2,3)16-10-7-5-9(13)6-8-10;7-6-4-2-1-3-5-6/h11-13,16-17,25,30,32-34,36-40,42-44,46-47,53,56,60H,14-15,18-24,26-29H2,1-10H3;5-8H,4H2,1-3H3;1-5H/b13-11?,16-12+,31-17?,35-25+;;/t30-,32-,33-,34-,36-,37+,38+,39+,40-,42+,43+,44-,46-,47+,51-;;/m1../s1. The Bertz CT molecular complexity index is 2680. The zero-order valence-corrected chi connectivity index (χ0v) is 56.3. The van der Waals surface area contributed by atoms with Crippen LogP contribution in [0.1, 0.15) is 146 Å². The number of piperidine rings is 1. The molecule has 0 unspecified atom stereocenters. The third-order valence-electron chi connectivity index (χ3n) is 17.2. The molecule has 3 aliphatic heterocycles. The number of nitrogens with zero attached hydrogens (tertiary/aromatic N) is 1. The largest absolute Gasteiger partial charge is 0.476 e. The molecular weight excluding hydrogens is 1210 g/mol. The Morgan fingerprint density at radius 3 is 2.14 bits per heavy atom. The van der Waals surface area contributed by atoms with Crippen molar-refractivity contribution >= 4 is 62.7 Å². The molecule has 6 rings (SSSR count). The minimum Gasteiger partial charge on any atom is -0.476 e. The van der Waals surface area contributed by atoms with E-state index in [1.165, 1.54) is 12.0 Å². The number of ether oxygens (including phenoxy) is 7. The molecule has 3 heterocycles. The number of methoxy groups -OCH3 is 3. The minimum absolute atomic E-state index is 0.0193. The Morgan fingerprint density at radius 1 is 0.841 bits per heavy atom. The minimum atomic E-state index is -2.43. The Labute approximate surface area is 536 Å². The van der Waals surface area contributed by atoms with Crippen LogP contribution < -0.4 is 4.74 Å². The van der Waals surface area contributed by atoms with Crippen LogP contribution in [0.3, 0.4) is 0 Å². The Balaban J connectivity index is 0.000000594. The number of aliphatic hydroxyl groups excluding tert-OH is 2. The van der Waals surface area contributed by atoms with Gasteiger partial charge >= 0.3 is 11.9 Å². The third-order valence-corrected chi connectivity index (χ3v) is 17.9. The number of esters is 2. The van der Waals surface area contributed by atoms with E-state index in [1.807, 2.05) is 88.4 Å². The molecule has 490 valence electrons. The quantitative estimate of drug-likeness (QED) is 0.114. The summed E-state index contributed by atoms with van der Waals surface area (Å²) < 4.78 is 40.9. The van der Waals surface area contributed by atoms with E-state index in [4.69, 9.17) is 44.8 Å². The molecule has 2 aromatic rings. The number of carbonyl (C=O) groups excluding carboxylic acids is 6. The highest BCUT2D eigenvalue weighted by atomic mass is 79.9. The van der Waals surface area contributed by atoms with E-state index in [9.17, 15) is 44.1 Å². The Kier molecular flexibility index (Phi) is 31.6. The second-order valence-electron chi connectivity index (χ2n) is 24.7. The Hall–Kier alpha value is -4.89. The first-order chi connectivity index (χ1) is 41.6. The maximum atomic E-state index is 14.4. The third kappa shape index (κ3) is 22.8. The molecule has 0 aromatic heterocycles. The molecule has 4 aliphatic rings. The van der Waals surface area contributed by atoms with Crippen molar-refractivity contribution in [3.05, 3.63) is 112 Å². The van der Waals surface area contributed by atoms with Crippen LogP contribution in [0.25, 0.3) is 0 Å². The number of ketones is 3. The van der Waals surface area contributed by atoms with Crippen molar-refractivity contribution in [2.75, 3.05) is 34.5 Å². The van der Waals surface area contributed by atoms with Gasteiger partial charge in [-0.3, -0.25) is 19.2 Å². The average Bonchev–Trinajstić information content (AvgIpc) is 0.912. The Morgan fingerprint density at radius 2 is 1.52 bits per heavy atom. The number of amides is 1. The summed E-state index contributed by atoms with van der Waals surface area (Å²) in [6.07, 6.45) is 11.2. The summed E-state index contributed by atoms with van der Waals surface area (Å²) in [5.74, 6) is -7.76.